The summed E-state index contributed by atoms with van der Waals surface area (Å²) in [5.74, 6) is 1.56. The van der Waals surface area contributed by atoms with Crippen molar-refractivity contribution in [2.45, 2.75) is 18.8 Å². The predicted octanol–water partition coefficient (Wildman–Crippen LogP) is 4.34. The lowest BCUT2D eigenvalue weighted by atomic mass is 9.92. The first-order valence-corrected chi connectivity index (χ1v) is 6.69. The normalized spacial score (nSPS) is 11.6. The summed E-state index contributed by atoms with van der Waals surface area (Å²) in [7, 11) is 0. The maximum atomic E-state index is 10.9. The number of ether oxygens (including phenoxy) is 1. The summed E-state index contributed by atoms with van der Waals surface area (Å²) in [4.78, 5) is 10.9. The summed E-state index contributed by atoms with van der Waals surface area (Å²) in [5, 5.41) is 0. The largest absolute Gasteiger partial charge is 0.462 e. The van der Waals surface area contributed by atoms with Crippen LogP contribution in [0.15, 0.2) is 73.0 Å². The Bertz CT molecular complexity index is 546. The van der Waals surface area contributed by atoms with E-state index in [9.17, 15) is 4.79 Å². The highest BCUT2D eigenvalue weighted by molar-refractivity contribution is 5.51. The Morgan fingerprint density at radius 1 is 1.05 bits per heavy atom. The summed E-state index contributed by atoms with van der Waals surface area (Å²) < 4.78 is 5.70. The third-order valence-electron chi connectivity index (χ3n) is 3.13. The highest BCUT2D eigenvalue weighted by Gasteiger charge is 2.13. The summed E-state index contributed by atoms with van der Waals surface area (Å²) in [6.45, 7) is 3.96. The first-order chi connectivity index (χ1) is 9.79. The quantitative estimate of drug-likeness (QED) is 0.550. The highest BCUT2D eigenvalue weighted by Crippen LogP contribution is 2.27. The van der Waals surface area contributed by atoms with E-state index in [4.69, 9.17) is 4.74 Å². The summed E-state index contributed by atoms with van der Waals surface area (Å²) in [5.41, 5.74) is 1.14. The first-order valence-electron chi connectivity index (χ1n) is 6.69. The van der Waals surface area contributed by atoms with Gasteiger partial charge in [-0.2, -0.15) is 0 Å². The number of rotatable bonds is 7. The van der Waals surface area contributed by atoms with Gasteiger partial charge in [0.25, 0.3) is 0 Å². The Morgan fingerprint density at radius 3 is 2.25 bits per heavy atom. The van der Waals surface area contributed by atoms with E-state index in [0.717, 1.165) is 17.6 Å². The second-order valence-corrected chi connectivity index (χ2v) is 4.67. The van der Waals surface area contributed by atoms with Crippen LogP contribution in [0.5, 0.6) is 5.75 Å². The maximum Gasteiger partial charge on any atom is 0.126 e. The van der Waals surface area contributed by atoms with Gasteiger partial charge in [0, 0.05) is 12.8 Å². The van der Waals surface area contributed by atoms with E-state index in [0.29, 0.717) is 18.6 Å². The van der Waals surface area contributed by atoms with Crippen LogP contribution >= 0.6 is 0 Å². The highest BCUT2D eigenvalue weighted by atomic mass is 16.5. The lowest BCUT2D eigenvalue weighted by molar-refractivity contribution is -0.108. The molecule has 2 rings (SSSR count). The number of para-hydroxylation sites is 1. The van der Waals surface area contributed by atoms with Gasteiger partial charge in [0.2, 0.25) is 0 Å². The minimum Gasteiger partial charge on any atom is -0.462 e. The van der Waals surface area contributed by atoms with Crippen molar-refractivity contribution in [1.29, 1.82) is 0 Å². The molecule has 0 bridgehead atoms. The van der Waals surface area contributed by atoms with Gasteiger partial charge >= 0.3 is 0 Å². The number of hydrogen-bond donors (Lipinski definition) is 0. The van der Waals surface area contributed by atoms with Gasteiger partial charge in [0.05, 0.1) is 5.76 Å². The second-order valence-electron chi connectivity index (χ2n) is 4.67. The molecule has 0 spiro atoms. The number of carbonyl (C=O) groups is 1. The van der Waals surface area contributed by atoms with Crippen molar-refractivity contribution in [3.05, 3.63) is 78.6 Å². The lowest BCUT2D eigenvalue weighted by Gasteiger charge is -2.16. The van der Waals surface area contributed by atoms with Crippen LogP contribution < -0.4 is 4.74 Å². The standard InChI is InChI=1S/C18H18O2/c1-15(20-18-10-6-3-7-11-18)14-17(12-13-19)16-8-4-2-5-9-16/h2-11,13,17H,1,12,14H2. The number of hydrogen-bond acceptors (Lipinski definition) is 2. The van der Waals surface area contributed by atoms with Crippen LogP contribution in [0.4, 0.5) is 0 Å². The Hall–Kier alpha value is -2.35. The van der Waals surface area contributed by atoms with E-state index in [1.54, 1.807) is 0 Å². The topological polar surface area (TPSA) is 26.3 Å². The molecule has 102 valence electrons. The number of aldehydes is 1. The third kappa shape index (κ3) is 4.09. The van der Waals surface area contributed by atoms with Gasteiger partial charge in [-0.3, -0.25) is 0 Å². The van der Waals surface area contributed by atoms with Crippen LogP contribution in [0.1, 0.15) is 24.3 Å². The maximum absolute atomic E-state index is 10.9. The molecule has 0 saturated carbocycles. The van der Waals surface area contributed by atoms with Crippen molar-refractivity contribution < 1.29 is 9.53 Å². The zero-order valence-electron chi connectivity index (χ0n) is 11.4. The SMILES string of the molecule is C=C(CC(CC=O)c1ccccc1)Oc1ccccc1. The zero-order chi connectivity index (χ0) is 14.2. The Balaban J connectivity index is 2.01. The van der Waals surface area contributed by atoms with Crippen molar-refractivity contribution in [3.8, 4) is 5.75 Å². The molecule has 2 aromatic rings. The molecule has 2 nitrogen and oxygen atoms in total. The lowest BCUT2D eigenvalue weighted by Crippen LogP contribution is -2.04. The average molecular weight is 266 g/mol. The molecule has 1 atom stereocenters. The zero-order valence-corrected chi connectivity index (χ0v) is 11.4. The monoisotopic (exact) mass is 266 g/mol. The van der Waals surface area contributed by atoms with E-state index in [-0.39, 0.29) is 5.92 Å². The van der Waals surface area contributed by atoms with Gasteiger partial charge in [0.1, 0.15) is 12.0 Å². The molecule has 0 amide bonds. The Labute approximate surface area is 119 Å². The smallest absolute Gasteiger partial charge is 0.126 e. The van der Waals surface area contributed by atoms with Crippen molar-refractivity contribution in [1.82, 2.24) is 0 Å². The molecule has 0 saturated heterocycles. The molecule has 1 unspecified atom stereocenters. The van der Waals surface area contributed by atoms with E-state index in [1.165, 1.54) is 0 Å². The minimum atomic E-state index is 0.116. The molecule has 0 aromatic heterocycles. The fourth-order valence-corrected chi connectivity index (χ4v) is 2.15. The van der Waals surface area contributed by atoms with Crippen molar-refractivity contribution >= 4 is 6.29 Å². The van der Waals surface area contributed by atoms with E-state index < -0.39 is 0 Å². The molecule has 0 N–H and O–H groups in total. The Morgan fingerprint density at radius 2 is 1.65 bits per heavy atom. The van der Waals surface area contributed by atoms with Gasteiger partial charge in [-0.1, -0.05) is 55.1 Å². The first kappa shape index (κ1) is 14.1. The molecule has 0 fully saturated rings. The van der Waals surface area contributed by atoms with Gasteiger partial charge in [0.15, 0.2) is 0 Å². The van der Waals surface area contributed by atoms with E-state index >= 15 is 0 Å². The van der Waals surface area contributed by atoms with Gasteiger partial charge in [-0.25, -0.2) is 0 Å². The van der Waals surface area contributed by atoms with Crippen LogP contribution in [0, 0.1) is 0 Å². The van der Waals surface area contributed by atoms with Crippen LogP contribution in [-0.2, 0) is 4.79 Å². The van der Waals surface area contributed by atoms with E-state index in [2.05, 4.69) is 6.58 Å². The molecule has 0 radical (unpaired) electrons. The minimum absolute atomic E-state index is 0.116. The van der Waals surface area contributed by atoms with Crippen LogP contribution in [-0.4, -0.2) is 6.29 Å². The molecular formula is C18H18O2. The summed E-state index contributed by atoms with van der Waals surface area (Å²) >= 11 is 0. The molecule has 0 aliphatic rings. The molecule has 20 heavy (non-hydrogen) atoms. The number of benzene rings is 2. The number of carbonyl (C=O) groups excluding carboxylic acids is 1. The fraction of sp³-hybridized carbons (Fsp3) is 0.167. The second kappa shape index (κ2) is 7.29. The van der Waals surface area contributed by atoms with Gasteiger partial charge in [-0.15, -0.1) is 0 Å². The van der Waals surface area contributed by atoms with Gasteiger partial charge < -0.3 is 9.53 Å². The number of allylic oxidation sites excluding steroid dienone is 1. The molecule has 2 heteroatoms. The predicted molar refractivity (Wildman–Crippen MR) is 80.7 cm³/mol. The third-order valence-corrected chi connectivity index (χ3v) is 3.13. The van der Waals surface area contributed by atoms with Gasteiger partial charge in [-0.05, 0) is 23.6 Å². The fourth-order valence-electron chi connectivity index (χ4n) is 2.15. The van der Waals surface area contributed by atoms with Crippen molar-refractivity contribution in [2.24, 2.45) is 0 Å². The molecule has 0 heterocycles. The molecule has 0 aliphatic heterocycles. The summed E-state index contributed by atoms with van der Waals surface area (Å²) in [6, 6.07) is 19.6. The average Bonchev–Trinajstić information content (AvgIpc) is 2.49. The Kier molecular flexibility index (Phi) is 5.13. The van der Waals surface area contributed by atoms with Crippen molar-refractivity contribution in [2.75, 3.05) is 0 Å². The molecular weight excluding hydrogens is 248 g/mol. The molecule has 2 aromatic carbocycles. The van der Waals surface area contributed by atoms with E-state index in [1.807, 2.05) is 60.7 Å². The molecule has 0 aliphatic carbocycles. The van der Waals surface area contributed by atoms with Crippen LogP contribution in [0.2, 0.25) is 0 Å². The van der Waals surface area contributed by atoms with Crippen LogP contribution in [0.3, 0.4) is 0 Å². The van der Waals surface area contributed by atoms with Crippen LogP contribution in [0.25, 0.3) is 0 Å². The van der Waals surface area contributed by atoms with Crippen molar-refractivity contribution in [3.63, 3.8) is 0 Å². The summed E-state index contributed by atoms with van der Waals surface area (Å²) in [6.07, 6.45) is 2.06.